The van der Waals surface area contributed by atoms with Gasteiger partial charge in [-0.1, -0.05) is 23.7 Å². The van der Waals surface area contributed by atoms with Gasteiger partial charge in [-0.25, -0.2) is 9.89 Å². The van der Waals surface area contributed by atoms with Gasteiger partial charge >= 0.3 is 6.09 Å². The second-order valence-electron chi connectivity index (χ2n) is 9.92. The number of benzene rings is 2. The second-order valence-corrected chi connectivity index (χ2v) is 10.4. The lowest BCUT2D eigenvalue weighted by molar-refractivity contribution is -0.135. The zero-order valence-electron chi connectivity index (χ0n) is 22.8. The topological polar surface area (TPSA) is 188 Å². The first-order valence-electron chi connectivity index (χ1n) is 13.1. The quantitative estimate of drug-likeness (QED) is 0.208. The normalized spacial score (nSPS) is 13.9. The number of carbonyl (C=O) groups excluding carboxylic acids is 2. The predicted molar refractivity (Wildman–Crippen MR) is 156 cm³/mol. The molecule has 15 heteroatoms. The number of H-pyrrole nitrogens is 1. The zero-order valence-corrected chi connectivity index (χ0v) is 23.5. The summed E-state index contributed by atoms with van der Waals surface area (Å²) in [6, 6.07) is 12.4. The maximum atomic E-state index is 13.2. The van der Waals surface area contributed by atoms with Crippen molar-refractivity contribution in [3.63, 3.8) is 0 Å². The highest BCUT2D eigenvalue weighted by molar-refractivity contribution is 6.30. The molecule has 1 saturated heterocycles. The fourth-order valence-corrected chi connectivity index (χ4v) is 4.94. The molecular weight excluding hydrogens is 578 g/mol. The molecule has 43 heavy (non-hydrogen) atoms. The van der Waals surface area contributed by atoms with Gasteiger partial charge in [-0.3, -0.25) is 19.7 Å². The van der Waals surface area contributed by atoms with Crippen molar-refractivity contribution in [1.82, 2.24) is 40.6 Å². The van der Waals surface area contributed by atoms with Gasteiger partial charge in [-0.2, -0.15) is 9.78 Å². The Hall–Kier alpha value is -5.37. The smallest absolute Gasteiger partial charge is 0.409 e. The zero-order chi connectivity index (χ0) is 30.5. The van der Waals surface area contributed by atoms with Crippen molar-refractivity contribution < 1.29 is 19.5 Å². The largest absolute Gasteiger partial charge is 0.465 e. The van der Waals surface area contributed by atoms with Crippen molar-refractivity contribution in [2.45, 2.75) is 19.4 Å². The second kappa shape index (κ2) is 12.7. The van der Waals surface area contributed by atoms with Gasteiger partial charge in [0, 0.05) is 42.4 Å². The molecule has 1 aliphatic rings. The van der Waals surface area contributed by atoms with Gasteiger partial charge in [0.05, 0.1) is 23.0 Å². The minimum Gasteiger partial charge on any atom is -0.465 e. The molecule has 0 bridgehead atoms. The lowest BCUT2D eigenvalue weighted by Crippen LogP contribution is -2.50. The third-order valence-corrected chi connectivity index (χ3v) is 7.15. The fourth-order valence-electron chi connectivity index (χ4n) is 4.76. The molecule has 0 aliphatic carbocycles. The summed E-state index contributed by atoms with van der Waals surface area (Å²) in [4.78, 5) is 50.3. The van der Waals surface area contributed by atoms with Crippen molar-refractivity contribution in [3.8, 4) is 16.8 Å². The van der Waals surface area contributed by atoms with Crippen LogP contribution in [0.25, 0.3) is 22.9 Å². The number of nitrogens with one attached hydrogen (secondary N) is 3. The van der Waals surface area contributed by atoms with E-state index in [1.165, 1.54) is 36.1 Å². The standard InChI is InChI=1S/C28H26ClN9O5/c1-16(39)37-13-17(14-37)10-23(24-12-22(27(41)34-33-24)18-2-6-21(7-3-18)31-28(42)43)32-26(40)9-4-19-11-20(29)5-8-25(19)38-15-30-35-36-38/h2-9,11-12,15,17,23,31H,10,13-14H2,1H3,(H,32,40)(H,34,41)(H,42,43). The number of halogens is 1. The number of carboxylic acid groups (broad SMARTS) is 1. The van der Waals surface area contributed by atoms with E-state index in [0.717, 1.165) is 0 Å². The van der Waals surface area contributed by atoms with E-state index in [1.807, 2.05) is 0 Å². The van der Waals surface area contributed by atoms with E-state index in [1.54, 1.807) is 47.4 Å². The van der Waals surface area contributed by atoms with E-state index in [2.05, 4.69) is 36.4 Å². The number of carbonyl (C=O) groups is 3. The number of tetrazole rings is 1. The van der Waals surface area contributed by atoms with E-state index in [9.17, 15) is 19.2 Å². The highest BCUT2D eigenvalue weighted by Crippen LogP contribution is 2.29. The van der Waals surface area contributed by atoms with Gasteiger partial charge in [0.25, 0.3) is 5.56 Å². The van der Waals surface area contributed by atoms with E-state index in [4.69, 9.17) is 16.7 Å². The van der Waals surface area contributed by atoms with E-state index < -0.39 is 23.6 Å². The maximum Gasteiger partial charge on any atom is 0.409 e. The molecule has 1 unspecified atom stereocenters. The molecule has 0 radical (unpaired) electrons. The molecule has 4 aromatic rings. The molecule has 14 nitrogen and oxygen atoms in total. The highest BCUT2D eigenvalue weighted by atomic mass is 35.5. The monoisotopic (exact) mass is 603 g/mol. The first-order valence-corrected chi connectivity index (χ1v) is 13.5. The summed E-state index contributed by atoms with van der Waals surface area (Å²) in [6.45, 7) is 2.60. The van der Waals surface area contributed by atoms with Gasteiger partial charge in [-0.15, -0.1) is 5.10 Å². The van der Waals surface area contributed by atoms with Crippen LogP contribution in [0.4, 0.5) is 10.5 Å². The van der Waals surface area contributed by atoms with E-state index >= 15 is 0 Å². The van der Waals surface area contributed by atoms with Gasteiger partial charge in [0.1, 0.15) is 6.33 Å². The molecule has 0 spiro atoms. The Morgan fingerprint density at radius 3 is 2.60 bits per heavy atom. The number of nitrogens with zero attached hydrogens (tertiary/aromatic N) is 6. The Labute approximate surface area is 249 Å². The van der Waals surface area contributed by atoms with Gasteiger partial charge < -0.3 is 15.3 Å². The van der Waals surface area contributed by atoms with Gasteiger partial charge in [0.15, 0.2) is 0 Å². The highest BCUT2D eigenvalue weighted by Gasteiger charge is 2.32. The Kier molecular flexibility index (Phi) is 8.57. The van der Waals surface area contributed by atoms with Gasteiger partial charge in [-0.05, 0) is 70.8 Å². The first-order chi connectivity index (χ1) is 20.7. The number of anilines is 1. The molecule has 3 amide bonds. The number of amides is 3. The van der Waals surface area contributed by atoms with Crippen molar-refractivity contribution in [3.05, 3.63) is 87.6 Å². The van der Waals surface area contributed by atoms with Crippen LogP contribution in [0.2, 0.25) is 5.02 Å². The molecule has 1 atom stereocenters. The minimum absolute atomic E-state index is 0.0232. The number of likely N-dealkylation sites (tertiary alicyclic amines) is 1. The molecular formula is C28H26ClN9O5. The number of aromatic amines is 1. The van der Waals surface area contributed by atoms with Crippen LogP contribution in [0.3, 0.4) is 0 Å². The van der Waals surface area contributed by atoms with Crippen molar-refractivity contribution in [2.75, 3.05) is 18.4 Å². The van der Waals surface area contributed by atoms with Crippen LogP contribution in [0.15, 0.2) is 65.7 Å². The van der Waals surface area contributed by atoms with E-state index in [0.29, 0.717) is 58.3 Å². The first kappa shape index (κ1) is 29.1. The lowest BCUT2D eigenvalue weighted by Gasteiger charge is -2.40. The SMILES string of the molecule is CC(=O)N1CC(CC(NC(=O)C=Cc2cc(Cl)ccc2-n2cnnn2)c2cc(-c3ccc(NC(=O)O)cc3)c(=O)[nH]n2)C1. The molecule has 2 aromatic heterocycles. The van der Waals surface area contributed by atoms with Crippen molar-refractivity contribution in [2.24, 2.45) is 5.92 Å². The Balaban J connectivity index is 1.40. The predicted octanol–water partition coefficient (Wildman–Crippen LogP) is 2.90. The summed E-state index contributed by atoms with van der Waals surface area (Å²) in [5, 5.41) is 32.6. The van der Waals surface area contributed by atoms with Crippen molar-refractivity contribution in [1.29, 1.82) is 0 Å². The molecule has 1 fully saturated rings. The summed E-state index contributed by atoms with van der Waals surface area (Å²) >= 11 is 6.19. The van der Waals surface area contributed by atoms with Crippen LogP contribution < -0.4 is 16.2 Å². The molecule has 4 N–H and O–H groups in total. The molecule has 3 heterocycles. The third-order valence-electron chi connectivity index (χ3n) is 6.92. The number of rotatable bonds is 9. The van der Waals surface area contributed by atoms with Crippen LogP contribution in [-0.4, -0.2) is 71.4 Å². The van der Waals surface area contributed by atoms with Crippen LogP contribution in [0, 0.1) is 5.92 Å². The Bertz CT molecular complexity index is 1730. The van der Waals surface area contributed by atoms with Gasteiger partial charge in [0.2, 0.25) is 11.8 Å². The Morgan fingerprint density at radius 2 is 1.93 bits per heavy atom. The summed E-state index contributed by atoms with van der Waals surface area (Å²) in [5.41, 5.74) is 2.37. The lowest BCUT2D eigenvalue weighted by atomic mass is 9.90. The summed E-state index contributed by atoms with van der Waals surface area (Å²) in [6.07, 6.45) is 3.64. The van der Waals surface area contributed by atoms with Crippen LogP contribution >= 0.6 is 11.6 Å². The average Bonchev–Trinajstić information content (AvgIpc) is 3.48. The van der Waals surface area contributed by atoms with E-state index in [-0.39, 0.29) is 11.8 Å². The molecule has 2 aromatic carbocycles. The molecule has 5 rings (SSSR count). The number of aromatic nitrogens is 6. The van der Waals surface area contributed by atoms with Crippen molar-refractivity contribution >= 4 is 41.3 Å². The molecule has 220 valence electrons. The molecule has 1 aliphatic heterocycles. The molecule has 0 saturated carbocycles. The summed E-state index contributed by atoms with van der Waals surface area (Å²) < 4.78 is 1.45. The number of hydrogen-bond donors (Lipinski definition) is 4. The average molecular weight is 604 g/mol. The van der Waals surface area contributed by atoms with Crippen LogP contribution in [0.5, 0.6) is 0 Å². The van der Waals surface area contributed by atoms with Crippen LogP contribution in [0.1, 0.15) is 30.6 Å². The number of hydrogen-bond acceptors (Lipinski definition) is 8. The van der Waals surface area contributed by atoms with Crippen LogP contribution in [-0.2, 0) is 9.59 Å². The summed E-state index contributed by atoms with van der Waals surface area (Å²) in [5.74, 6) is -0.338. The summed E-state index contributed by atoms with van der Waals surface area (Å²) in [7, 11) is 0. The maximum absolute atomic E-state index is 13.2. The Morgan fingerprint density at radius 1 is 1.16 bits per heavy atom. The third kappa shape index (κ3) is 7.11. The minimum atomic E-state index is -1.20. The fraction of sp³-hybridized carbons (Fsp3) is 0.214.